The number of anilines is 2. The van der Waals surface area contributed by atoms with Gasteiger partial charge in [0, 0.05) is 12.1 Å². The van der Waals surface area contributed by atoms with Gasteiger partial charge in [-0.05, 0) is 36.8 Å². The zero-order chi connectivity index (χ0) is 13.1. The number of nitrogens with zero attached hydrogens (tertiary/aromatic N) is 1. The topological polar surface area (TPSA) is 50.9 Å². The zero-order valence-electron chi connectivity index (χ0n) is 9.87. The zero-order valence-corrected chi connectivity index (χ0v) is 9.87. The van der Waals surface area contributed by atoms with Crippen LogP contribution in [-0.2, 0) is 6.54 Å². The van der Waals surface area contributed by atoms with Gasteiger partial charge in [-0.1, -0.05) is 0 Å². The Kier molecular flexibility index (Phi) is 3.41. The maximum atomic E-state index is 13.4. The van der Waals surface area contributed by atoms with E-state index in [1.54, 1.807) is 6.07 Å². The quantitative estimate of drug-likeness (QED) is 0.879. The molecule has 0 aliphatic carbocycles. The molecule has 1 aromatic carbocycles. The van der Waals surface area contributed by atoms with Crippen molar-refractivity contribution in [1.82, 2.24) is 4.98 Å². The Balaban J connectivity index is 2.13. The van der Waals surface area contributed by atoms with Crippen LogP contribution in [-0.4, -0.2) is 4.98 Å². The molecule has 0 fully saturated rings. The highest BCUT2D eigenvalue weighted by Crippen LogP contribution is 2.16. The Bertz CT molecular complexity index is 570. The molecule has 0 atom stereocenters. The smallest absolute Gasteiger partial charge is 0.129 e. The lowest BCUT2D eigenvalue weighted by atomic mass is 10.2. The summed E-state index contributed by atoms with van der Waals surface area (Å²) < 4.78 is 26.4. The lowest BCUT2D eigenvalue weighted by Crippen LogP contribution is -2.05. The third-order valence-corrected chi connectivity index (χ3v) is 2.55. The van der Waals surface area contributed by atoms with E-state index in [4.69, 9.17) is 5.73 Å². The van der Waals surface area contributed by atoms with E-state index in [0.717, 1.165) is 23.8 Å². The van der Waals surface area contributed by atoms with Crippen molar-refractivity contribution < 1.29 is 8.78 Å². The number of nitrogens with two attached hydrogens (primary N) is 1. The van der Waals surface area contributed by atoms with Crippen molar-refractivity contribution in [3.63, 3.8) is 0 Å². The molecule has 1 heterocycles. The lowest BCUT2D eigenvalue weighted by Gasteiger charge is -2.09. The summed E-state index contributed by atoms with van der Waals surface area (Å²) in [4.78, 5) is 4.09. The predicted octanol–water partition coefficient (Wildman–Crippen LogP) is 2.86. The Morgan fingerprint density at radius 3 is 2.78 bits per heavy atom. The van der Waals surface area contributed by atoms with Crippen molar-refractivity contribution in [3.8, 4) is 0 Å². The van der Waals surface area contributed by atoms with Crippen molar-refractivity contribution in [3.05, 3.63) is 53.2 Å². The van der Waals surface area contributed by atoms with Crippen LogP contribution in [0.1, 0.15) is 11.1 Å². The summed E-state index contributed by atoms with van der Waals surface area (Å²) in [5, 5.41) is 2.95. The number of nitrogen functional groups attached to an aromatic ring is 1. The van der Waals surface area contributed by atoms with Gasteiger partial charge in [0.1, 0.15) is 17.5 Å². The van der Waals surface area contributed by atoms with Crippen molar-refractivity contribution in [2.45, 2.75) is 13.5 Å². The molecule has 3 N–H and O–H groups in total. The Morgan fingerprint density at radius 2 is 2.06 bits per heavy atom. The van der Waals surface area contributed by atoms with Gasteiger partial charge in [-0.15, -0.1) is 0 Å². The fourth-order valence-corrected chi connectivity index (χ4v) is 1.64. The molecule has 94 valence electrons. The maximum Gasteiger partial charge on any atom is 0.129 e. The normalized spacial score (nSPS) is 10.4. The molecule has 18 heavy (non-hydrogen) atoms. The number of hydrogen-bond acceptors (Lipinski definition) is 3. The molecule has 5 heteroatoms. The summed E-state index contributed by atoms with van der Waals surface area (Å²) in [6.07, 6.45) is 1.51. The van der Waals surface area contributed by atoms with E-state index in [2.05, 4.69) is 10.3 Å². The minimum atomic E-state index is -0.463. The number of halogens is 2. The van der Waals surface area contributed by atoms with E-state index in [-0.39, 0.29) is 12.1 Å². The molecular weight excluding hydrogens is 236 g/mol. The Labute approximate surface area is 104 Å². The van der Waals surface area contributed by atoms with Crippen LogP contribution in [0.2, 0.25) is 0 Å². The van der Waals surface area contributed by atoms with Crippen LogP contribution in [0, 0.1) is 18.6 Å². The minimum Gasteiger partial charge on any atom is -0.397 e. The van der Waals surface area contributed by atoms with Gasteiger partial charge in [0.05, 0.1) is 11.9 Å². The third kappa shape index (κ3) is 2.74. The molecule has 1 aromatic heterocycles. The molecule has 0 aliphatic heterocycles. The van der Waals surface area contributed by atoms with E-state index in [0.29, 0.717) is 11.5 Å². The van der Waals surface area contributed by atoms with Crippen molar-refractivity contribution >= 4 is 11.5 Å². The summed E-state index contributed by atoms with van der Waals surface area (Å²) in [6.45, 7) is 2.01. The van der Waals surface area contributed by atoms with Gasteiger partial charge in [-0.2, -0.15) is 0 Å². The highest BCUT2D eigenvalue weighted by atomic mass is 19.1. The maximum absolute atomic E-state index is 13.4. The standard InChI is InChI=1S/C13H13F2N3/c1-8-4-11(16)7-18-13(8)17-6-9-5-10(14)2-3-12(9)15/h2-5,7H,6,16H2,1H3,(H,17,18). The minimum absolute atomic E-state index is 0.168. The average molecular weight is 249 g/mol. The first kappa shape index (κ1) is 12.3. The second-order valence-corrected chi connectivity index (χ2v) is 4.02. The Morgan fingerprint density at radius 1 is 1.28 bits per heavy atom. The molecule has 0 saturated carbocycles. The van der Waals surface area contributed by atoms with Gasteiger partial charge in [-0.25, -0.2) is 13.8 Å². The molecule has 0 unspecified atom stereocenters. The first-order chi connectivity index (χ1) is 8.56. The first-order valence-corrected chi connectivity index (χ1v) is 5.46. The molecule has 0 saturated heterocycles. The number of aryl methyl sites for hydroxylation is 1. The number of rotatable bonds is 3. The van der Waals surface area contributed by atoms with Gasteiger partial charge >= 0.3 is 0 Å². The van der Waals surface area contributed by atoms with E-state index < -0.39 is 11.6 Å². The number of pyridine rings is 1. The molecule has 3 nitrogen and oxygen atoms in total. The van der Waals surface area contributed by atoms with Crippen LogP contribution in [0.5, 0.6) is 0 Å². The van der Waals surface area contributed by atoms with Gasteiger partial charge in [0.15, 0.2) is 0 Å². The van der Waals surface area contributed by atoms with E-state index >= 15 is 0 Å². The van der Waals surface area contributed by atoms with Gasteiger partial charge in [0.2, 0.25) is 0 Å². The molecular formula is C13H13F2N3. The van der Waals surface area contributed by atoms with Crippen LogP contribution < -0.4 is 11.1 Å². The number of nitrogens with one attached hydrogen (secondary N) is 1. The summed E-state index contributed by atoms with van der Waals surface area (Å²) >= 11 is 0. The highest BCUT2D eigenvalue weighted by molar-refractivity contribution is 5.51. The second kappa shape index (κ2) is 5.00. The molecule has 0 bridgehead atoms. The number of hydrogen-bond donors (Lipinski definition) is 2. The molecule has 0 aliphatic rings. The van der Waals surface area contributed by atoms with E-state index in [9.17, 15) is 8.78 Å². The average Bonchev–Trinajstić information content (AvgIpc) is 2.32. The highest BCUT2D eigenvalue weighted by Gasteiger charge is 2.05. The molecule has 0 radical (unpaired) electrons. The fourth-order valence-electron chi connectivity index (χ4n) is 1.64. The van der Waals surface area contributed by atoms with Crippen LogP contribution in [0.15, 0.2) is 30.5 Å². The predicted molar refractivity (Wildman–Crippen MR) is 67.1 cm³/mol. The lowest BCUT2D eigenvalue weighted by molar-refractivity contribution is 0.587. The number of aromatic nitrogens is 1. The Hall–Kier alpha value is -2.17. The molecule has 2 rings (SSSR count). The molecule has 0 amide bonds. The largest absolute Gasteiger partial charge is 0.397 e. The number of benzene rings is 1. The SMILES string of the molecule is Cc1cc(N)cnc1NCc1cc(F)ccc1F. The van der Waals surface area contributed by atoms with Crippen molar-refractivity contribution in [2.24, 2.45) is 0 Å². The van der Waals surface area contributed by atoms with Crippen LogP contribution in [0.4, 0.5) is 20.3 Å². The fraction of sp³-hybridized carbons (Fsp3) is 0.154. The van der Waals surface area contributed by atoms with Crippen LogP contribution in [0.25, 0.3) is 0 Å². The molecule has 2 aromatic rings. The van der Waals surface area contributed by atoms with Gasteiger partial charge < -0.3 is 11.1 Å². The monoisotopic (exact) mass is 249 g/mol. The van der Waals surface area contributed by atoms with Gasteiger partial charge in [-0.3, -0.25) is 0 Å². The first-order valence-electron chi connectivity index (χ1n) is 5.46. The van der Waals surface area contributed by atoms with Crippen molar-refractivity contribution in [1.29, 1.82) is 0 Å². The third-order valence-electron chi connectivity index (χ3n) is 2.55. The van der Waals surface area contributed by atoms with Crippen LogP contribution in [0.3, 0.4) is 0 Å². The molecule has 0 spiro atoms. The second-order valence-electron chi connectivity index (χ2n) is 4.02. The van der Waals surface area contributed by atoms with E-state index in [1.165, 1.54) is 6.20 Å². The summed E-state index contributed by atoms with van der Waals surface area (Å²) in [6, 6.07) is 5.12. The summed E-state index contributed by atoms with van der Waals surface area (Å²) in [5.41, 5.74) is 7.25. The van der Waals surface area contributed by atoms with Crippen LogP contribution >= 0.6 is 0 Å². The van der Waals surface area contributed by atoms with E-state index in [1.807, 2.05) is 6.92 Å². The van der Waals surface area contributed by atoms with Gasteiger partial charge in [0.25, 0.3) is 0 Å². The van der Waals surface area contributed by atoms with Crippen molar-refractivity contribution in [2.75, 3.05) is 11.1 Å². The summed E-state index contributed by atoms with van der Waals surface area (Å²) in [5.74, 6) is -0.306. The summed E-state index contributed by atoms with van der Waals surface area (Å²) in [7, 11) is 0.